The summed E-state index contributed by atoms with van der Waals surface area (Å²) in [6.07, 6.45) is 31.3. The minimum atomic E-state index is -1.95. The fourth-order valence-corrected chi connectivity index (χ4v) is 19.8. The van der Waals surface area contributed by atoms with Crippen LogP contribution in [0.15, 0.2) is 50.6 Å². The highest BCUT2D eigenvalue weighted by atomic mass is 16.6. The van der Waals surface area contributed by atoms with Gasteiger partial charge in [0.05, 0.1) is 85.7 Å². The smallest absolute Gasteiger partial charge is 0.330 e. The van der Waals surface area contributed by atoms with E-state index in [2.05, 4.69) is 26.3 Å². The molecule has 4 N–H and O–H groups in total. The minimum Gasteiger partial charge on any atom is -0.463 e. The molecule has 0 aromatic carbocycles. The summed E-state index contributed by atoms with van der Waals surface area (Å²) < 4.78 is 70.5. The summed E-state index contributed by atoms with van der Waals surface area (Å²) in [6, 6.07) is 0. The zero-order valence-electron chi connectivity index (χ0n) is 70.1. The molecular formula is C92H146O24. The van der Waals surface area contributed by atoms with Crippen LogP contribution >= 0.6 is 0 Å². The zero-order valence-corrected chi connectivity index (χ0v) is 70.1. The Kier molecular flexibility index (Phi) is 43.4. The Bertz CT molecular complexity index is 2550. The number of hydrogen-bond acceptors (Lipinski definition) is 24. The summed E-state index contributed by atoms with van der Waals surface area (Å²) in [6.45, 7) is 17.7. The van der Waals surface area contributed by atoms with E-state index in [1.165, 1.54) is 0 Å². The van der Waals surface area contributed by atoms with E-state index in [4.69, 9.17) is 56.8 Å². The molecule has 8 fully saturated rings. The van der Waals surface area contributed by atoms with Crippen molar-refractivity contribution in [1.29, 1.82) is 0 Å². The molecule has 24 nitrogen and oxygen atoms in total. The van der Waals surface area contributed by atoms with Crippen LogP contribution in [-0.4, -0.2) is 193 Å². The third-order valence-electron chi connectivity index (χ3n) is 26.9. The van der Waals surface area contributed by atoms with Gasteiger partial charge in [0.15, 0.2) is 0 Å². The summed E-state index contributed by atoms with van der Waals surface area (Å²) in [5.41, 5.74) is -3.89. The van der Waals surface area contributed by atoms with Gasteiger partial charge in [0.2, 0.25) is 0 Å². The number of carbonyl (C=O) groups is 8. The molecule has 0 saturated heterocycles. The highest BCUT2D eigenvalue weighted by molar-refractivity contribution is 5.82. The van der Waals surface area contributed by atoms with Crippen LogP contribution in [0.2, 0.25) is 0 Å². The van der Waals surface area contributed by atoms with Crippen molar-refractivity contribution in [3.63, 3.8) is 0 Å². The number of unbranched alkanes of at least 4 members (excludes halogenated alkanes) is 12. The summed E-state index contributed by atoms with van der Waals surface area (Å²) in [5, 5.41) is 54.9. The average molecular weight is 1640 g/mol. The quantitative estimate of drug-likeness (QED) is 0.0190. The molecule has 116 heavy (non-hydrogen) atoms. The van der Waals surface area contributed by atoms with E-state index in [0.717, 1.165) is 178 Å². The number of esters is 8. The second-order valence-electron chi connectivity index (χ2n) is 34.8. The third-order valence-corrected chi connectivity index (χ3v) is 26.9. The van der Waals surface area contributed by atoms with E-state index >= 15 is 0 Å². The Labute approximate surface area is 691 Å². The van der Waals surface area contributed by atoms with Crippen LogP contribution in [0.4, 0.5) is 0 Å². The zero-order chi connectivity index (χ0) is 82.9. The summed E-state index contributed by atoms with van der Waals surface area (Å²) in [4.78, 5) is 101. The first-order valence-electron chi connectivity index (χ1n) is 45.5. The van der Waals surface area contributed by atoms with E-state index in [1.807, 2.05) is 0 Å². The van der Waals surface area contributed by atoms with Crippen molar-refractivity contribution in [1.82, 2.24) is 0 Å². The number of carbonyl (C=O) groups excluding carboxylic acids is 8. The Morgan fingerprint density at radius 3 is 0.586 bits per heavy atom. The number of ether oxygens (including phenoxy) is 12. The first-order valence-corrected chi connectivity index (χ1v) is 45.5. The largest absolute Gasteiger partial charge is 0.463 e. The molecule has 0 amide bonds. The number of aliphatic hydroxyl groups is 4. The molecule has 0 heterocycles. The van der Waals surface area contributed by atoms with Crippen LogP contribution in [0.25, 0.3) is 0 Å². The molecule has 8 aliphatic carbocycles. The topological polar surface area (TPSA) is 328 Å². The molecular weight excluding hydrogens is 1490 g/mol. The Morgan fingerprint density at radius 2 is 0.414 bits per heavy atom. The maximum atomic E-state index is 14.0. The van der Waals surface area contributed by atoms with Crippen molar-refractivity contribution in [2.75, 3.05) is 52.9 Å². The fraction of sp³-hybridized carbons (Fsp3) is 0.826. The number of aliphatic hydroxyl groups excluding tert-OH is 2. The predicted octanol–water partition coefficient (Wildman–Crippen LogP) is 15.0. The summed E-state index contributed by atoms with van der Waals surface area (Å²) in [5.74, 6) is -5.96. The van der Waals surface area contributed by atoms with Crippen LogP contribution in [0, 0.1) is 47.3 Å². The average Bonchev–Trinajstić information content (AvgIpc) is 0.737. The lowest BCUT2D eigenvalue weighted by Gasteiger charge is -2.55. The Hall–Kier alpha value is -5.60. The van der Waals surface area contributed by atoms with Crippen molar-refractivity contribution in [2.24, 2.45) is 47.3 Å². The lowest BCUT2D eigenvalue weighted by molar-refractivity contribution is -0.257. The molecule has 24 heteroatoms. The first-order chi connectivity index (χ1) is 56.2. The summed E-state index contributed by atoms with van der Waals surface area (Å²) in [7, 11) is 0. The van der Waals surface area contributed by atoms with Gasteiger partial charge in [-0.25, -0.2) is 19.2 Å². The van der Waals surface area contributed by atoms with E-state index in [1.54, 1.807) is 0 Å². The highest BCUT2D eigenvalue weighted by Crippen LogP contribution is 2.52. The van der Waals surface area contributed by atoms with Gasteiger partial charge in [-0.1, -0.05) is 52.0 Å². The van der Waals surface area contributed by atoms with E-state index in [-0.39, 0.29) is 72.0 Å². The van der Waals surface area contributed by atoms with E-state index < -0.39 is 95.4 Å². The molecule has 0 bridgehead atoms. The second-order valence-corrected chi connectivity index (χ2v) is 34.8. The fourth-order valence-electron chi connectivity index (χ4n) is 19.8. The molecule has 658 valence electrons. The van der Waals surface area contributed by atoms with Crippen molar-refractivity contribution in [3.8, 4) is 0 Å². The molecule has 0 aliphatic heterocycles. The van der Waals surface area contributed by atoms with Gasteiger partial charge in [0.1, 0.15) is 36.6 Å². The van der Waals surface area contributed by atoms with Crippen LogP contribution in [0.5, 0.6) is 0 Å². The van der Waals surface area contributed by atoms with Gasteiger partial charge in [0.25, 0.3) is 0 Å². The second kappa shape index (κ2) is 52.6. The third kappa shape index (κ3) is 31.8. The molecule has 0 aromatic rings. The minimum absolute atomic E-state index is 0.0628. The van der Waals surface area contributed by atoms with Crippen LogP contribution in [0.1, 0.15) is 308 Å². The molecule has 8 saturated carbocycles. The predicted molar refractivity (Wildman–Crippen MR) is 435 cm³/mol. The van der Waals surface area contributed by atoms with Gasteiger partial charge in [-0.3, -0.25) is 19.2 Å². The van der Waals surface area contributed by atoms with E-state index in [9.17, 15) is 58.8 Å². The highest BCUT2D eigenvalue weighted by Gasteiger charge is 2.61. The standard InChI is InChI=1S/C92H146O24/c1-5-81(93)109-61-21-13-9-17-57-105-73-41-25-65(26-42-73)87(99)113-77-49-33-69(34-50-77)91(103,70-35-51-78(52-36-70)114-88(100)66-27-43-74(44-28-66)106-58-18-10-14-22-62-110-82(94)6-2)85(97)86(98)92(104,71-37-53-79(54-38-71)115-89(101)67-29-45-75(46-30-67)107-59-19-11-15-23-63-111-83(95)7-3)72-39-55-80(56-40-72)116-90(102)68-31-47-76(48-32-68)108-60-20-12-16-24-64-112-84(96)8-4/h5-8,65-80,85-86,97-98,103-104H,1-4,9-64H2. The van der Waals surface area contributed by atoms with Gasteiger partial charge in [-0.05, 0) is 306 Å². The van der Waals surface area contributed by atoms with E-state index in [0.29, 0.717) is 207 Å². The molecule has 8 rings (SSSR count). The van der Waals surface area contributed by atoms with Crippen molar-refractivity contribution in [3.05, 3.63) is 50.6 Å². The monoisotopic (exact) mass is 1640 g/mol. The maximum absolute atomic E-state index is 14.0. The maximum Gasteiger partial charge on any atom is 0.330 e. The van der Waals surface area contributed by atoms with Crippen molar-refractivity contribution < 1.29 is 116 Å². The van der Waals surface area contributed by atoms with Crippen molar-refractivity contribution in [2.45, 2.75) is 380 Å². The molecule has 0 spiro atoms. The van der Waals surface area contributed by atoms with Crippen LogP contribution in [-0.2, 0) is 95.2 Å². The normalized spacial score (nSPS) is 29.4. The van der Waals surface area contributed by atoms with Crippen LogP contribution in [0.3, 0.4) is 0 Å². The number of rotatable bonds is 51. The molecule has 2 unspecified atom stereocenters. The van der Waals surface area contributed by atoms with Gasteiger partial charge in [-0.15, -0.1) is 0 Å². The summed E-state index contributed by atoms with van der Waals surface area (Å²) >= 11 is 0. The van der Waals surface area contributed by atoms with Gasteiger partial charge in [0, 0.05) is 50.7 Å². The number of hydrogen-bond donors (Lipinski definition) is 4. The van der Waals surface area contributed by atoms with Gasteiger partial charge < -0.3 is 77.3 Å². The van der Waals surface area contributed by atoms with Gasteiger partial charge >= 0.3 is 47.8 Å². The first kappa shape index (κ1) is 95.9. The van der Waals surface area contributed by atoms with Crippen LogP contribution < -0.4 is 0 Å². The molecule has 0 radical (unpaired) electrons. The lowest BCUT2D eigenvalue weighted by atomic mass is 9.57. The SMILES string of the molecule is C=CC(=O)OCCCCCCOC1CCC(C(=O)OC2CCC(C(O)(C3CCC(OC(=O)C4CCC(OCCCCCCOC(=O)C=C)CC4)CC3)C(O)C(O)C(O)(C3CCC(OC(=O)C4CCC(OCCCCCCOC(=O)C=C)CC4)CC3)C3CCC(OC(=O)C4CCC(OCCCCCCOC(=O)C=C)CC4)CC3)CC2)CC1. The Balaban J connectivity index is 0.895. The lowest BCUT2D eigenvalue weighted by Crippen LogP contribution is -2.68. The Morgan fingerprint density at radius 1 is 0.250 bits per heavy atom. The van der Waals surface area contributed by atoms with Crippen molar-refractivity contribution >= 4 is 47.8 Å². The molecule has 0 aromatic heterocycles. The molecule has 8 aliphatic rings. The molecule has 2 atom stereocenters. The van der Waals surface area contributed by atoms with Gasteiger partial charge in [-0.2, -0.15) is 0 Å².